The summed E-state index contributed by atoms with van der Waals surface area (Å²) in [4.78, 5) is 14.6. The van der Waals surface area contributed by atoms with Crippen molar-refractivity contribution in [2.75, 3.05) is 25.5 Å². The van der Waals surface area contributed by atoms with Crippen LogP contribution in [0.5, 0.6) is 5.75 Å². The number of methoxy groups -OCH3 is 1. The molecule has 0 bridgehead atoms. The molecule has 0 unspecified atom stereocenters. The Hall–Kier alpha value is -3.28. The molecule has 0 aliphatic carbocycles. The van der Waals surface area contributed by atoms with E-state index in [1.54, 1.807) is 7.11 Å². The van der Waals surface area contributed by atoms with Crippen LogP contribution in [0.4, 0.5) is 10.5 Å². The van der Waals surface area contributed by atoms with Gasteiger partial charge in [-0.05, 0) is 62.1 Å². The van der Waals surface area contributed by atoms with E-state index in [2.05, 4.69) is 34.6 Å². The first-order chi connectivity index (χ1) is 14.5. The smallest absolute Gasteiger partial charge is 0.321 e. The first-order valence-electron chi connectivity index (χ1n) is 10.4. The summed E-state index contributed by atoms with van der Waals surface area (Å²) in [6, 6.07) is 16.0. The number of rotatable bonds is 4. The van der Waals surface area contributed by atoms with Gasteiger partial charge in [0.05, 0.1) is 12.8 Å². The van der Waals surface area contributed by atoms with Gasteiger partial charge in [0.2, 0.25) is 0 Å². The van der Waals surface area contributed by atoms with E-state index in [-0.39, 0.29) is 6.03 Å². The molecule has 0 radical (unpaired) electrons. The predicted molar refractivity (Wildman–Crippen MR) is 119 cm³/mol. The minimum Gasteiger partial charge on any atom is -0.497 e. The molecule has 1 aromatic heterocycles. The number of piperidine rings is 1. The molecular formula is C24H28N4O2. The zero-order chi connectivity index (χ0) is 21.1. The first-order valence-corrected chi connectivity index (χ1v) is 10.4. The number of aromatic amines is 1. The molecule has 2 heterocycles. The van der Waals surface area contributed by atoms with Crippen LogP contribution in [0.1, 0.15) is 35.6 Å². The summed E-state index contributed by atoms with van der Waals surface area (Å²) in [5, 5.41) is 10.8. The van der Waals surface area contributed by atoms with Crippen LogP contribution in [0, 0.1) is 13.8 Å². The fourth-order valence-electron chi connectivity index (χ4n) is 3.95. The SMILES string of the molecule is COc1cccc(-c2cc(C3CCN(C(=O)Nc4cccc(C)c4C)CC3)[nH]n2)c1. The minimum atomic E-state index is -0.0242. The highest BCUT2D eigenvalue weighted by molar-refractivity contribution is 5.90. The quantitative estimate of drug-likeness (QED) is 0.634. The highest BCUT2D eigenvalue weighted by Gasteiger charge is 2.25. The Morgan fingerprint density at radius 1 is 1.13 bits per heavy atom. The molecule has 2 N–H and O–H groups in total. The number of hydrogen-bond donors (Lipinski definition) is 2. The molecule has 0 atom stereocenters. The van der Waals surface area contributed by atoms with E-state index in [1.807, 2.05) is 48.2 Å². The number of aryl methyl sites for hydroxylation is 1. The second-order valence-electron chi connectivity index (χ2n) is 7.88. The number of aromatic nitrogens is 2. The van der Waals surface area contributed by atoms with Gasteiger partial charge in [0.15, 0.2) is 0 Å². The number of anilines is 1. The zero-order valence-electron chi connectivity index (χ0n) is 17.7. The molecule has 6 heteroatoms. The number of H-pyrrole nitrogens is 1. The normalized spacial score (nSPS) is 14.6. The summed E-state index contributed by atoms with van der Waals surface area (Å²) in [6.45, 7) is 5.56. The first kappa shape index (κ1) is 20.0. The summed E-state index contributed by atoms with van der Waals surface area (Å²) < 4.78 is 5.31. The average Bonchev–Trinajstić information content (AvgIpc) is 3.27. The lowest BCUT2D eigenvalue weighted by atomic mass is 9.93. The molecule has 0 saturated carbocycles. The van der Waals surface area contributed by atoms with Crippen molar-refractivity contribution in [2.45, 2.75) is 32.6 Å². The van der Waals surface area contributed by atoms with Gasteiger partial charge in [0, 0.05) is 36.0 Å². The molecule has 2 amide bonds. The Balaban J connectivity index is 1.37. The van der Waals surface area contributed by atoms with Gasteiger partial charge in [-0.25, -0.2) is 4.79 Å². The second-order valence-corrected chi connectivity index (χ2v) is 7.88. The third-order valence-electron chi connectivity index (χ3n) is 6.03. The van der Waals surface area contributed by atoms with Crippen molar-refractivity contribution in [3.63, 3.8) is 0 Å². The van der Waals surface area contributed by atoms with Gasteiger partial charge in [0.25, 0.3) is 0 Å². The molecule has 4 rings (SSSR count). The van der Waals surface area contributed by atoms with E-state index in [4.69, 9.17) is 4.74 Å². The van der Waals surface area contributed by atoms with E-state index in [9.17, 15) is 4.79 Å². The molecule has 1 aliphatic heterocycles. The highest BCUT2D eigenvalue weighted by Crippen LogP contribution is 2.30. The van der Waals surface area contributed by atoms with Crippen LogP contribution < -0.4 is 10.1 Å². The number of benzene rings is 2. The highest BCUT2D eigenvalue weighted by atomic mass is 16.5. The molecule has 1 aliphatic rings. The third kappa shape index (κ3) is 4.17. The van der Waals surface area contributed by atoms with Gasteiger partial charge >= 0.3 is 6.03 Å². The molecule has 156 valence electrons. The van der Waals surface area contributed by atoms with Gasteiger partial charge in [-0.2, -0.15) is 5.10 Å². The molecular weight excluding hydrogens is 376 g/mol. The zero-order valence-corrected chi connectivity index (χ0v) is 17.7. The number of carbonyl (C=O) groups excluding carboxylic acids is 1. The maximum absolute atomic E-state index is 12.7. The monoisotopic (exact) mass is 404 g/mol. The van der Waals surface area contributed by atoms with Crippen LogP contribution in [0.25, 0.3) is 11.3 Å². The lowest BCUT2D eigenvalue weighted by Crippen LogP contribution is -2.40. The Bertz CT molecular complexity index is 1040. The largest absolute Gasteiger partial charge is 0.497 e. The maximum Gasteiger partial charge on any atom is 0.321 e. The van der Waals surface area contributed by atoms with E-state index < -0.39 is 0 Å². The number of nitrogens with one attached hydrogen (secondary N) is 2. The van der Waals surface area contributed by atoms with Crippen LogP contribution in [0.3, 0.4) is 0 Å². The van der Waals surface area contributed by atoms with Crippen molar-refractivity contribution >= 4 is 11.7 Å². The van der Waals surface area contributed by atoms with Gasteiger partial charge in [-0.3, -0.25) is 5.10 Å². The summed E-state index contributed by atoms with van der Waals surface area (Å²) >= 11 is 0. The number of hydrogen-bond acceptors (Lipinski definition) is 3. The lowest BCUT2D eigenvalue weighted by molar-refractivity contribution is 0.194. The van der Waals surface area contributed by atoms with E-state index in [0.29, 0.717) is 5.92 Å². The van der Waals surface area contributed by atoms with E-state index in [0.717, 1.165) is 59.9 Å². The van der Waals surface area contributed by atoms with E-state index >= 15 is 0 Å². The summed E-state index contributed by atoms with van der Waals surface area (Å²) in [5.41, 5.74) is 6.25. The number of ether oxygens (including phenoxy) is 1. The summed E-state index contributed by atoms with van der Waals surface area (Å²) in [7, 11) is 1.67. The third-order valence-corrected chi connectivity index (χ3v) is 6.03. The van der Waals surface area contributed by atoms with Gasteiger partial charge in [-0.15, -0.1) is 0 Å². The van der Waals surface area contributed by atoms with Crippen LogP contribution in [0.2, 0.25) is 0 Å². The number of nitrogens with zero attached hydrogens (tertiary/aromatic N) is 2. The second kappa shape index (κ2) is 8.61. The van der Waals surface area contributed by atoms with Crippen molar-refractivity contribution in [2.24, 2.45) is 0 Å². The fraction of sp³-hybridized carbons (Fsp3) is 0.333. The minimum absolute atomic E-state index is 0.0242. The Kier molecular flexibility index (Phi) is 5.74. The topological polar surface area (TPSA) is 70.2 Å². The van der Waals surface area contributed by atoms with Crippen molar-refractivity contribution in [3.05, 3.63) is 65.4 Å². The standard InChI is InChI=1S/C24H28N4O2/c1-16-6-4-9-21(17(16)2)25-24(29)28-12-10-18(11-13-28)22-15-23(27-26-22)19-7-5-8-20(14-19)30-3/h4-9,14-15,18H,10-13H2,1-3H3,(H,25,29)(H,26,27). The Labute approximate surface area is 177 Å². The van der Waals surface area contributed by atoms with Crippen LogP contribution in [0.15, 0.2) is 48.5 Å². The fourth-order valence-corrected chi connectivity index (χ4v) is 3.95. The number of carbonyl (C=O) groups is 1. The molecule has 30 heavy (non-hydrogen) atoms. The van der Waals surface area contributed by atoms with Gasteiger partial charge < -0.3 is 15.0 Å². The number of amides is 2. The molecule has 2 aromatic carbocycles. The Morgan fingerprint density at radius 2 is 1.90 bits per heavy atom. The lowest BCUT2D eigenvalue weighted by Gasteiger charge is -2.31. The predicted octanol–water partition coefficient (Wildman–Crippen LogP) is 5.11. The summed E-state index contributed by atoms with van der Waals surface area (Å²) in [5.74, 6) is 1.20. The molecule has 3 aromatic rings. The van der Waals surface area contributed by atoms with Crippen molar-refractivity contribution in [3.8, 4) is 17.0 Å². The molecule has 1 saturated heterocycles. The van der Waals surface area contributed by atoms with Crippen LogP contribution >= 0.6 is 0 Å². The molecule has 6 nitrogen and oxygen atoms in total. The molecule has 1 fully saturated rings. The van der Waals surface area contributed by atoms with Crippen molar-refractivity contribution in [1.29, 1.82) is 0 Å². The Morgan fingerprint density at radius 3 is 2.67 bits per heavy atom. The summed E-state index contributed by atoms with van der Waals surface area (Å²) in [6.07, 6.45) is 1.83. The van der Waals surface area contributed by atoms with E-state index in [1.165, 1.54) is 5.56 Å². The number of likely N-dealkylation sites (tertiary alicyclic amines) is 1. The van der Waals surface area contributed by atoms with Crippen LogP contribution in [-0.4, -0.2) is 41.3 Å². The maximum atomic E-state index is 12.7. The van der Waals surface area contributed by atoms with Crippen molar-refractivity contribution in [1.82, 2.24) is 15.1 Å². The average molecular weight is 405 g/mol. The van der Waals surface area contributed by atoms with Crippen LogP contribution in [-0.2, 0) is 0 Å². The van der Waals surface area contributed by atoms with Crippen molar-refractivity contribution < 1.29 is 9.53 Å². The van der Waals surface area contributed by atoms with Gasteiger partial charge in [0.1, 0.15) is 5.75 Å². The van der Waals surface area contributed by atoms with Gasteiger partial charge in [-0.1, -0.05) is 24.3 Å². The molecule has 0 spiro atoms. The number of urea groups is 1.